The maximum absolute atomic E-state index is 12.5. The highest BCUT2D eigenvalue weighted by molar-refractivity contribution is 9.10. The second kappa shape index (κ2) is 12.3. The van der Waals surface area contributed by atoms with Crippen molar-refractivity contribution in [3.63, 3.8) is 0 Å². The van der Waals surface area contributed by atoms with Crippen molar-refractivity contribution in [2.75, 3.05) is 19.0 Å². The van der Waals surface area contributed by atoms with E-state index in [1.54, 1.807) is 66.7 Å². The van der Waals surface area contributed by atoms with Crippen LogP contribution in [0.4, 0.5) is 5.69 Å². The van der Waals surface area contributed by atoms with Gasteiger partial charge in [-0.3, -0.25) is 9.59 Å². The molecule has 2 N–H and O–H groups in total. The molecule has 0 saturated heterocycles. The number of halogens is 1. The van der Waals surface area contributed by atoms with Crippen LogP contribution in [-0.4, -0.2) is 37.7 Å². The number of ether oxygens (including phenoxy) is 3. The maximum atomic E-state index is 12.5. The Balaban J connectivity index is 1.62. The van der Waals surface area contributed by atoms with Crippen molar-refractivity contribution in [3.05, 3.63) is 82.3 Å². The van der Waals surface area contributed by atoms with Gasteiger partial charge in [0.25, 0.3) is 0 Å². The molecule has 35 heavy (non-hydrogen) atoms. The number of methoxy groups -OCH3 is 1. The highest BCUT2D eigenvalue weighted by Gasteiger charge is 2.14. The lowest BCUT2D eigenvalue weighted by atomic mass is 10.2. The molecule has 0 aliphatic rings. The summed E-state index contributed by atoms with van der Waals surface area (Å²) < 4.78 is 16.6. The van der Waals surface area contributed by atoms with E-state index in [-0.39, 0.29) is 5.75 Å². The summed E-state index contributed by atoms with van der Waals surface area (Å²) in [5.41, 5.74) is 3.31. The molecule has 0 radical (unpaired) electrons. The number of anilines is 1. The van der Waals surface area contributed by atoms with E-state index in [0.29, 0.717) is 39.4 Å². The summed E-state index contributed by atoms with van der Waals surface area (Å²) in [6.07, 6.45) is 1.27. The largest absolute Gasteiger partial charge is 0.497 e. The molecular formula is C25H22BrN3O6. The minimum absolute atomic E-state index is 0.214. The number of carbonyl (C=O) groups excluding carboxylic acids is 3. The first-order valence-electron chi connectivity index (χ1n) is 10.4. The summed E-state index contributed by atoms with van der Waals surface area (Å²) in [5.74, 6) is -0.972. The molecule has 9 nitrogen and oxygen atoms in total. The van der Waals surface area contributed by atoms with Crippen LogP contribution in [0.2, 0.25) is 0 Å². The van der Waals surface area contributed by atoms with Gasteiger partial charge in [0.1, 0.15) is 17.2 Å². The van der Waals surface area contributed by atoms with Gasteiger partial charge in [-0.15, -0.1) is 0 Å². The smallest absolute Gasteiger partial charge is 0.343 e. The first-order valence-corrected chi connectivity index (χ1v) is 11.2. The normalized spacial score (nSPS) is 10.5. The summed E-state index contributed by atoms with van der Waals surface area (Å²) in [5, 5.41) is 6.28. The lowest BCUT2D eigenvalue weighted by Crippen LogP contribution is -2.32. The predicted octanol–water partition coefficient (Wildman–Crippen LogP) is 4.16. The van der Waals surface area contributed by atoms with E-state index < -0.39 is 17.8 Å². The second-order valence-electron chi connectivity index (χ2n) is 6.91. The molecule has 3 rings (SSSR count). The van der Waals surface area contributed by atoms with Gasteiger partial charge in [0.15, 0.2) is 0 Å². The Labute approximate surface area is 210 Å². The van der Waals surface area contributed by atoms with Crippen molar-refractivity contribution in [2.45, 2.75) is 6.92 Å². The number of benzene rings is 3. The van der Waals surface area contributed by atoms with Gasteiger partial charge in [-0.25, -0.2) is 10.2 Å². The average Bonchev–Trinajstić information content (AvgIpc) is 2.86. The zero-order valence-electron chi connectivity index (χ0n) is 18.9. The number of carbonyl (C=O) groups is 3. The van der Waals surface area contributed by atoms with E-state index in [4.69, 9.17) is 14.2 Å². The van der Waals surface area contributed by atoms with Crippen LogP contribution < -0.4 is 25.0 Å². The summed E-state index contributed by atoms with van der Waals surface area (Å²) in [7, 11) is 1.53. The van der Waals surface area contributed by atoms with Crippen LogP contribution in [0.15, 0.2) is 76.3 Å². The van der Waals surface area contributed by atoms with Crippen LogP contribution >= 0.6 is 15.9 Å². The maximum Gasteiger partial charge on any atom is 0.343 e. The quantitative estimate of drug-likeness (QED) is 0.146. The zero-order chi connectivity index (χ0) is 25.2. The number of rotatable bonds is 8. The number of nitrogens with zero attached hydrogens (tertiary/aromatic N) is 1. The van der Waals surface area contributed by atoms with E-state index in [9.17, 15) is 14.4 Å². The molecule has 0 heterocycles. The van der Waals surface area contributed by atoms with Crippen LogP contribution in [0.1, 0.15) is 22.8 Å². The molecule has 2 amide bonds. The Kier molecular flexibility index (Phi) is 8.96. The van der Waals surface area contributed by atoms with Gasteiger partial charge >= 0.3 is 17.8 Å². The van der Waals surface area contributed by atoms with Crippen molar-refractivity contribution in [2.24, 2.45) is 5.10 Å². The molecule has 0 aromatic heterocycles. The molecule has 0 spiro atoms. The van der Waals surface area contributed by atoms with E-state index in [1.165, 1.54) is 13.3 Å². The van der Waals surface area contributed by atoms with E-state index in [1.807, 2.05) is 6.92 Å². The molecule has 3 aromatic rings. The minimum atomic E-state index is -0.970. The lowest BCUT2D eigenvalue weighted by molar-refractivity contribution is -0.136. The molecule has 0 aliphatic carbocycles. The molecule has 0 fully saturated rings. The molecule has 10 heteroatoms. The fraction of sp³-hybridized carbons (Fsp3) is 0.120. The van der Waals surface area contributed by atoms with Gasteiger partial charge in [-0.2, -0.15) is 5.10 Å². The molecule has 0 atom stereocenters. The van der Waals surface area contributed by atoms with Crippen molar-refractivity contribution < 1.29 is 28.6 Å². The lowest BCUT2D eigenvalue weighted by Gasteiger charge is -2.09. The number of amides is 2. The monoisotopic (exact) mass is 539 g/mol. The number of nitrogens with one attached hydrogen (secondary N) is 2. The SMILES string of the molecule is CCOc1ccc(NC(=O)C(=O)NN=Cc2cc(Br)ccc2OC(=O)c2ccc(OC)cc2)cc1. The molecule has 0 saturated carbocycles. The Morgan fingerprint density at radius 2 is 1.63 bits per heavy atom. The van der Waals surface area contributed by atoms with Gasteiger partial charge in [-0.05, 0) is 73.7 Å². The zero-order valence-corrected chi connectivity index (χ0v) is 20.5. The third-order valence-electron chi connectivity index (χ3n) is 4.50. The van der Waals surface area contributed by atoms with Crippen LogP contribution in [-0.2, 0) is 9.59 Å². The Bertz CT molecular complexity index is 1230. The molecular weight excluding hydrogens is 518 g/mol. The highest BCUT2D eigenvalue weighted by atomic mass is 79.9. The van der Waals surface area contributed by atoms with Crippen LogP contribution in [0.25, 0.3) is 0 Å². The van der Waals surface area contributed by atoms with Crippen molar-refractivity contribution in [1.29, 1.82) is 0 Å². The fourth-order valence-corrected chi connectivity index (χ4v) is 3.18. The summed E-state index contributed by atoms with van der Waals surface area (Å²) in [4.78, 5) is 36.7. The third-order valence-corrected chi connectivity index (χ3v) is 4.99. The van der Waals surface area contributed by atoms with Crippen LogP contribution in [0.3, 0.4) is 0 Å². The first-order chi connectivity index (χ1) is 16.9. The van der Waals surface area contributed by atoms with E-state index in [0.717, 1.165) is 0 Å². The predicted molar refractivity (Wildman–Crippen MR) is 134 cm³/mol. The van der Waals surface area contributed by atoms with Gasteiger partial charge < -0.3 is 19.5 Å². The van der Waals surface area contributed by atoms with Gasteiger partial charge in [0.05, 0.1) is 25.5 Å². The van der Waals surface area contributed by atoms with Crippen LogP contribution in [0.5, 0.6) is 17.2 Å². The number of esters is 1. The Hall–Kier alpha value is -4.18. The molecule has 0 unspecified atom stereocenters. The number of hydrogen-bond acceptors (Lipinski definition) is 7. The third kappa shape index (κ3) is 7.41. The van der Waals surface area contributed by atoms with Crippen molar-refractivity contribution in [1.82, 2.24) is 5.43 Å². The fourth-order valence-electron chi connectivity index (χ4n) is 2.80. The summed E-state index contributed by atoms with van der Waals surface area (Å²) >= 11 is 3.34. The van der Waals surface area contributed by atoms with Crippen LogP contribution in [0, 0.1) is 0 Å². The summed E-state index contributed by atoms with van der Waals surface area (Å²) in [6.45, 7) is 2.38. The van der Waals surface area contributed by atoms with E-state index in [2.05, 4.69) is 31.8 Å². The molecule has 0 aliphatic heterocycles. The topological polar surface area (TPSA) is 115 Å². The van der Waals surface area contributed by atoms with Crippen molar-refractivity contribution in [3.8, 4) is 17.2 Å². The van der Waals surface area contributed by atoms with Gasteiger partial charge in [0, 0.05) is 15.7 Å². The van der Waals surface area contributed by atoms with Gasteiger partial charge in [0.2, 0.25) is 0 Å². The highest BCUT2D eigenvalue weighted by Crippen LogP contribution is 2.23. The molecule has 3 aromatic carbocycles. The number of hydrazone groups is 1. The molecule has 0 bridgehead atoms. The van der Waals surface area contributed by atoms with Crippen molar-refractivity contribution >= 4 is 45.6 Å². The Morgan fingerprint density at radius 3 is 2.29 bits per heavy atom. The minimum Gasteiger partial charge on any atom is -0.497 e. The van der Waals surface area contributed by atoms with Gasteiger partial charge in [-0.1, -0.05) is 15.9 Å². The standard InChI is InChI=1S/C25H22BrN3O6/c1-3-34-21-11-7-19(8-12-21)28-23(30)24(31)29-27-15-17-14-18(26)6-13-22(17)35-25(32)16-4-9-20(33-2)10-5-16/h4-15H,3H2,1-2H3,(H,28,30)(H,29,31). The number of hydrogen-bond donors (Lipinski definition) is 2. The molecule has 180 valence electrons. The Morgan fingerprint density at radius 1 is 0.943 bits per heavy atom. The van der Waals surface area contributed by atoms with E-state index >= 15 is 0 Å². The second-order valence-corrected chi connectivity index (χ2v) is 7.83. The first kappa shape index (κ1) is 25.4. The summed E-state index contributed by atoms with van der Waals surface area (Å²) in [6, 6.07) is 18.0. The average molecular weight is 540 g/mol.